The maximum Gasteiger partial charge on any atom is 0.277 e. The van der Waals surface area contributed by atoms with Crippen LogP contribution in [0.1, 0.15) is 16.3 Å². The van der Waals surface area contributed by atoms with E-state index in [1.54, 1.807) is 6.92 Å². The van der Waals surface area contributed by atoms with Crippen LogP contribution in [0.2, 0.25) is 5.15 Å². The smallest absolute Gasteiger partial charge is 0.277 e. The largest absolute Gasteiger partial charge is 0.295 e. The molecule has 0 radical (unpaired) electrons. The summed E-state index contributed by atoms with van der Waals surface area (Å²) in [7, 11) is 0. The molecular formula is C8H6ClN5OS. The molecule has 6 nitrogen and oxygen atoms in total. The Kier molecular flexibility index (Phi) is 3.07. The normalized spacial score (nSPS) is 10.1. The fraction of sp³-hybridized carbons (Fsp3) is 0.125. The van der Waals surface area contributed by atoms with E-state index >= 15 is 0 Å². The molecule has 2 rings (SSSR count). The standard InChI is InChI=1S/C8H6ClN5OS/c1-4-11-8(16-14-4)13-7(15)5-2-10-3-6(9)12-5/h2-3H,1H3,(H,11,13,14,15). The number of nitrogens with one attached hydrogen (secondary N) is 1. The first-order valence-corrected chi connectivity index (χ1v) is 5.39. The Bertz CT molecular complexity index is 529. The van der Waals surface area contributed by atoms with Crippen molar-refractivity contribution in [1.29, 1.82) is 0 Å². The van der Waals surface area contributed by atoms with Gasteiger partial charge in [0.15, 0.2) is 0 Å². The number of halogens is 1. The van der Waals surface area contributed by atoms with Crippen molar-refractivity contribution in [2.45, 2.75) is 6.92 Å². The molecular weight excluding hydrogens is 250 g/mol. The highest BCUT2D eigenvalue weighted by Gasteiger charge is 2.10. The molecule has 2 heterocycles. The number of carbonyl (C=O) groups excluding carboxylic acids is 1. The third-order valence-electron chi connectivity index (χ3n) is 1.59. The van der Waals surface area contributed by atoms with Crippen LogP contribution in [0.3, 0.4) is 0 Å². The van der Waals surface area contributed by atoms with Gasteiger partial charge in [-0.05, 0) is 6.92 Å². The highest BCUT2D eigenvalue weighted by atomic mass is 35.5. The molecule has 1 N–H and O–H groups in total. The van der Waals surface area contributed by atoms with Gasteiger partial charge in [-0.15, -0.1) is 0 Å². The lowest BCUT2D eigenvalue weighted by atomic mass is 10.4. The molecule has 0 saturated heterocycles. The van der Waals surface area contributed by atoms with Crippen LogP contribution in [0, 0.1) is 6.92 Å². The number of anilines is 1. The number of amides is 1. The molecule has 0 aliphatic rings. The van der Waals surface area contributed by atoms with Gasteiger partial charge in [-0.1, -0.05) is 11.6 Å². The quantitative estimate of drug-likeness (QED) is 0.880. The number of rotatable bonds is 2. The van der Waals surface area contributed by atoms with Crippen LogP contribution < -0.4 is 5.32 Å². The molecule has 0 aliphatic carbocycles. The molecule has 0 aromatic carbocycles. The lowest BCUT2D eigenvalue weighted by Gasteiger charge is -1.99. The summed E-state index contributed by atoms with van der Waals surface area (Å²) in [5.74, 6) is 0.198. The van der Waals surface area contributed by atoms with Crippen LogP contribution in [0.4, 0.5) is 5.13 Å². The van der Waals surface area contributed by atoms with Crippen molar-refractivity contribution in [1.82, 2.24) is 19.3 Å². The molecule has 82 valence electrons. The summed E-state index contributed by atoms with van der Waals surface area (Å²) in [5.41, 5.74) is 0.139. The Balaban J connectivity index is 2.14. The molecule has 16 heavy (non-hydrogen) atoms. The van der Waals surface area contributed by atoms with Crippen LogP contribution in [0.15, 0.2) is 12.4 Å². The highest BCUT2D eigenvalue weighted by molar-refractivity contribution is 7.09. The Morgan fingerprint density at radius 2 is 2.25 bits per heavy atom. The van der Waals surface area contributed by atoms with Crippen LogP contribution >= 0.6 is 23.1 Å². The Morgan fingerprint density at radius 1 is 1.44 bits per heavy atom. The minimum atomic E-state index is -0.411. The fourth-order valence-electron chi connectivity index (χ4n) is 0.961. The molecule has 0 unspecified atom stereocenters. The molecule has 0 spiro atoms. The molecule has 0 fully saturated rings. The van der Waals surface area contributed by atoms with E-state index in [9.17, 15) is 4.79 Å². The molecule has 0 atom stereocenters. The Morgan fingerprint density at radius 3 is 2.88 bits per heavy atom. The van der Waals surface area contributed by atoms with Crippen molar-refractivity contribution in [3.63, 3.8) is 0 Å². The van der Waals surface area contributed by atoms with Gasteiger partial charge >= 0.3 is 0 Å². The minimum absolute atomic E-state index is 0.139. The van der Waals surface area contributed by atoms with Gasteiger partial charge in [0.05, 0.1) is 12.4 Å². The molecule has 0 saturated carbocycles. The van der Waals surface area contributed by atoms with Crippen molar-refractivity contribution in [3.05, 3.63) is 29.1 Å². The number of carbonyl (C=O) groups is 1. The first kappa shape index (κ1) is 10.9. The van der Waals surface area contributed by atoms with Crippen molar-refractivity contribution < 1.29 is 4.79 Å². The first-order chi connectivity index (χ1) is 7.65. The second kappa shape index (κ2) is 4.50. The monoisotopic (exact) mass is 255 g/mol. The van der Waals surface area contributed by atoms with E-state index in [1.807, 2.05) is 0 Å². The average molecular weight is 256 g/mol. The Labute approximate surface area is 99.9 Å². The zero-order chi connectivity index (χ0) is 11.5. The van der Waals surface area contributed by atoms with E-state index in [0.29, 0.717) is 11.0 Å². The van der Waals surface area contributed by atoms with E-state index < -0.39 is 5.91 Å². The van der Waals surface area contributed by atoms with Gasteiger partial charge in [-0.3, -0.25) is 15.1 Å². The van der Waals surface area contributed by atoms with E-state index in [-0.39, 0.29) is 10.8 Å². The van der Waals surface area contributed by atoms with Gasteiger partial charge in [0.25, 0.3) is 5.91 Å². The number of aromatic nitrogens is 4. The molecule has 0 bridgehead atoms. The van der Waals surface area contributed by atoms with E-state index in [0.717, 1.165) is 11.5 Å². The number of nitrogens with zero attached hydrogens (tertiary/aromatic N) is 4. The zero-order valence-corrected chi connectivity index (χ0v) is 9.71. The van der Waals surface area contributed by atoms with Gasteiger partial charge in [0.1, 0.15) is 16.7 Å². The van der Waals surface area contributed by atoms with Crippen LogP contribution in [0.5, 0.6) is 0 Å². The van der Waals surface area contributed by atoms with Crippen LogP contribution in [-0.2, 0) is 0 Å². The fourth-order valence-corrected chi connectivity index (χ4v) is 1.68. The van der Waals surface area contributed by atoms with Gasteiger partial charge in [-0.2, -0.15) is 4.37 Å². The summed E-state index contributed by atoms with van der Waals surface area (Å²) in [6.45, 7) is 1.74. The Hall–Kier alpha value is -1.60. The summed E-state index contributed by atoms with van der Waals surface area (Å²) < 4.78 is 3.93. The summed E-state index contributed by atoms with van der Waals surface area (Å²) >= 11 is 6.72. The van der Waals surface area contributed by atoms with Gasteiger partial charge in [0.2, 0.25) is 5.13 Å². The van der Waals surface area contributed by atoms with Gasteiger partial charge in [0, 0.05) is 11.5 Å². The second-order valence-corrected chi connectivity index (χ2v) is 3.97. The SMILES string of the molecule is Cc1nsc(NC(=O)c2cncc(Cl)n2)n1. The first-order valence-electron chi connectivity index (χ1n) is 4.24. The van der Waals surface area contributed by atoms with E-state index in [1.165, 1.54) is 12.4 Å². The van der Waals surface area contributed by atoms with Crippen molar-refractivity contribution >= 4 is 34.2 Å². The molecule has 2 aromatic heterocycles. The summed E-state index contributed by atoms with van der Waals surface area (Å²) in [4.78, 5) is 23.2. The van der Waals surface area contributed by atoms with Crippen LogP contribution in [0.25, 0.3) is 0 Å². The second-order valence-electron chi connectivity index (χ2n) is 2.83. The third-order valence-corrected chi connectivity index (χ3v) is 2.49. The lowest BCUT2D eigenvalue weighted by Crippen LogP contribution is -2.13. The average Bonchev–Trinajstić information content (AvgIpc) is 2.64. The maximum absolute atomic E-state index is 11.6. The van der Waals surface area contributed by atoms with E-state index in [2.05, 4.69) is 24.6 Å². The van der Waals surface area contributed by atoms with Crippen LogP contribution in [-0.4, -0.2) is 25.2 Å². The summed E-state index contributed by atoms with van der Waals surface area (Å²) in [6.07, 6.45) is 2.68. The summed E-state index contributed by atoms with van der Waals surface area (Å²) in [6, 6.07) is 0. The lowest BCUT2D eigenvalue weighted by molar-refractivity contribution is 0.102. The molecule has 8 heteroatoms. The van der Waals surface area contributed by atoms with Crippen molar-refractivity contribution in [2.75, 3.05) is 5.32 Å². The molecule has 1 amide bonds. The minimum Gasteiger partial charge on any atom is -0.295 e. The van der Waals surface area contributed by atoms with Gasteiger partial charge < -0.3 is 0 Å². The predicted molar refractivity (Wildman–Crippen MR) is 59.6 cm³/mol. The maximum atomic E-state index is 11.6. The summed E-state index contributed by atoms with van der Waals surface area (Å²) in [5, 5.41) is 3.14. The van der Waals surface area contributed by atoms with Gasteiger partial charge in [-0.25, -0.2) is 9.97 Å². The number of hydrogen-bond acceptors (Lipinski definition) is 6. The van der Waals surface area contributed by atoms with Crippen molar-refractivity contribution in [2.24, 2.45) is 0 Å². The van der Waals surface area contributed by atoms with E-state index in [4.69, 9.17) is 11.6 Å². The number of aryl methyl sites for hydroxylation is 1. The highest BCUT2D eigenvalue weighted by Crippen LogP contribution is 2.11. The zero-order valence-electron chi connectivity index (χ0n) is 8.14. The van der Waals surface area contributed by atoms with Crippen molar-refractivity contribution in [3.8, 4) is 0 Å². The number of hydrogen-bond donors (Lipinski definition) is 1. The molecule has 2 aromatic rings. The third kappa shape index (κ3) is 2.50. The topological polar surface area (TPSA) is 80.7 Å². The predicted octanol–water partition coefficient (Wildman–Crippen LogP) is 1.54. The molecule has 0 aliphatic heterocycles.